The van der Waals surface area contributed by atoms with Crippen molar-refractivity contribution >= 4 is 10.9 Å². The summed E-state index contributed by atoms with van der Waals surface area (Å²) in [4.78, 5) is 4.71. The van der Waals surface area contributed by atoms with Crippen LogP contribution in [0.15, 0.2) is 54.6 Å². The number of hydrogen-bond donors (Lipinski definition) is 0. The fraction of sp³-hybridized carbons (Fsp3) is 0.118. The van der Waals surface area contributed by atoms with Crippen molar-refractivity contribution < 1.29 is 9.47 Å². The molecule has 0 amide bonds. The van der Waals surface area contributed by atoms with Crippen LogP contribution < -0.4 is 9.47 Å². The summed E-state index contributed by atoms with van der Waals surface area (Å²) in [5.41, 5.74) is 2.82. The van der Waals surface area contributed by atoms with Gasteiger partial charge in [-0.15, -0.1) is 0 Å². The number of ether oxygens (including phenoxy) is 2. The zero-order valence-electron chi connectivity index (χ0n) is 11.5. The first kappa shape index (κ1) is 12.5. The molecule has 0 aliphatic carbocycles. The van der Waals surface area contributed by atoms with E-state index in [0.29, 0.717) is 0 Å². The summed E-state index contributed by atoms with van der Waals surface area (Å²) >= 11 is 0. The van der Waals surface area contributed by atoms with Gasteiger partial charge in [-0.1, -0.05) is 30.3 Å². The van der Waals surface area contributed by atoms with Crippen LogP contribution in [0.4, 0.5) is 0 Å². The van der Waals surface area contributed by atoms with Crippen molar-refractivity contribution in [3.8, 4) is 22.8 Å². The number of rotatable bonds is 3. The van der Waals surface area contributed by atoms with Crippen LogP contribution in [0.5, 0.6) is 11.5 Å². The van der Waals surface area contributed by atoms with E-state index in [1.54, 1.807) is 14.2 Å². The molecular weight excluding hydrogens is 250 g/mol. The zero-order valence-corrected chi connectivity index (χ0v) is 11.5. The first-order valence-corrected chi connectivity index (χ1v) is 6.40. The van der Waals surface area contributed by atoms with Crippen LogP contribution in [0, 0.1) is 0 Å². The lowest BCUT2D eigenvalue weighted by Gasteiger charge is -2.10. The quantitative estimate of drug-likeness (QED) is 0.719. The van der Waals surface area contributed by atoms with Crippen LogP contribution in [0.1, 0.15) is 0 Å². The number of hydrogen-bond acceptors (Lipinski definition) is 3. The standard InChI is InChI=1S/C17H15NO2/c1-19-14-8-9-15-13(10-14)11-16(20-2)17(18-15)12-6-4-3-5-7-12/h3-11H,1-2H3. The Morgan fingerprint density at radius 2 is 1.65 bits per heavy atom. The van der Waals surface area contributed by atoms with E-state index in [2.05, 4.69) is 0 Å². The number of methoxy groups -OCH3 is 2. The second-order valence-electron chi connectivity index (χ2n) is 4.46. The van der Waals surface area contributed by atoms with Gasteiger partial charge in [0.1, 0.15) is 17.2 Å². The summed E-state index contributed by atoms with van der Waals surface area (Å²) in [7, 11) is 3.32. The van der Waals surface area contributed by atoms with Crippen molar-refractivity contribution in [2.75, 3.05) is 14.2 Å². The summed E-state index contributed by atoms with van der Waals surface area (Å²) < 4.78 is 10.7. The Labute approximate surface area is 117 Å². The molecule has 3 rings (SSSR count). The third kappa shape index (κ3) is 2.18. The predicted octanol–water partition coefficient (Wildman–Crippen LogP) is 3.92. The fourth-order valence-corrected chi connectivity index (χ4v) is 2.22. The molecule has 0 radical (unpaired) electrons. The molecule has 2 aromatic carbocycles. The lowest BCUT2D eigenvalue weighted by Crippen LogP contribution is -1.93. The molecule has 0 aliphatic heterocycles. The molecule has 0 fully saturated rings. The van der Waals surface area contributed by atoms with Gasteiger partial charge >= 0.3 is 0 Å². The molecular formula is C17H15NO2. The molecule has 0 bridgehead atoms. The smallest absolute Gasteiger partial charge is 0.145 e. The Hall–Kier alpha value is -2.55. The van der Waals surface area contributed by atoms with E-state index < -0.39 is 0 Å². The molecule has 0 spiro atoms. The second kappa shape index (κ2) is 5.21. The van der Waals surface area contributed by atoms with Crippen molar-refractivity contribution in [2.45, 2.75) is 0 Å². The third-order valence-corrected chi connectivity index (χ3v) is 3.25. The van der Waals surface area contributed by atoms with E-state index in [4.69, 9.17) is 14.5 Å². The van der Waals surface area contributed by atoms with Gasteiger partial charge in [-0.2, -0.15) is 0 Å². The van der Waals surface area contributed by atoms with Gasteiger partial charge in [-0.05, 0) is 24.3 Å². The Kier molecular flexibility index (Phi) is 3.25. The number of fused-ring (bicyclic) bond motifs is 1. The van der Waals surface area contributed by atoms with E-state index in [-0.39, 0.29) is 0 Å². The lowest BCUT2D eigenvalue weighted by atomic mass is 10.1. The topological polar surface area (TPSA) is 31.4 Å². The third-order valence-electron chi connectivity index (χ3n) is 3.25. The maximum absolute atomic E-state index is 5.48. The van der Waals surface area contributed by atoms with Gasteiger partial charge in [0.15, 0.2) is 0 Å². The van der Waals surface area contributed by atoms with Crippen molar-refractivity contribution in [1.29, 1.82) is 0 Å². The van der Waals surface area contributed by atoms with Crippen molar-refractivity contribution in [3.05, 3.63) is 54.6 Å². The minimum atomic E-state index is 0.761. The van der Waals surface area contributed by atoms with Crippen LogP contribution in [-0.2, 0) is 0 Å². The van der Waals surface area contributed by atoms with Crippen LogP contribution >= 0.6 is 0 Å². The molecule has 100 valence electrons. The van der Waals surface area contributed by atoms with Crippen LogP contribution in [0.25, 0.3) is 22.2 Å². The predicted molar refractivity (Wildman–Crippen MR) is 80.3 cm³/mol. The summed E-state index contributed by atoms with van der Waals surface area (Å²) in [6.45, 7) is 0. The van der Waals surface area contributed by atoms with Gasteiger partial charge in [-0.3, -0.25) is 0 Å². The van der Waals surface area contributed by atoms with Crippen molar-refractivity contribution in [3.63, 3.8) is 0 Å². The van der Waals surface area contributed by atoms with E-state index in [1.807, 2.05) is 54.6 Å². The Morgan fingerprint density at radius 3 is 2.35 bits per heavy atom. The molecule has 0 atom stereocenters. The normalized spacial score (nSPS) is 10.5. The fourth-order valence-electron chi connectivity index (χ4n) is 2.22. The molecule has 0 saturated carbocycles. The van der Waals surface area contributed by atoms with Gasteiger partial charge in [-0.25, -0.2) is 4.98 Å². The minimum Gasteiger partial charge on any atom is -0.497 e. The average Bonchev–Trinajstić information content (AvgIpc) is 2.53. The lowest BCUT2D eigenvalue weighted by molar-refractivity contribution is 0.414. The highest BCUT2D eigenvalue weighted by atomic mass is 16.5. The summed E-state index contributed by atoms with van der Waals surface area (Å²) in [6, 6.07) is 17.9. The number of aromatic nitrogens is 1. The number of pyridine rings is 1. The monoisotopic (exact) mass is 265 g/mol. The molecule has 0 unspecified atom stereocenters. The van der Waals surface area contributed by atoms with Crippen LogP contribution in [-0.4, -0.2) is 19.2 Å². The molecule has 0 aliphatic rings. The van der Waals surface area contributed by atoms with Gasteiger partial charge in [0.2, 0.25) is 0 Å². The molecule has 1 heterocycles. The molecule has 0 N–H and O–H groups in total. The van der Waals surface area contributed by atoms with E-state index in [0.717, 1.165) is 33.7 Å². The van der Waals surface area contributed by atoms with Crippen molar-refractivity contribution in [1.82, 2.24) is 4.98 Å². The molecule has 20 heavy (non-hydrogen) atoms. The molecule has 3 heteroatoms. The van der Waals surface area contributed by atoms with Gasteiger partial charge in [0, 0.05) is 10.9 Å². The molecule has 0 saturated heterocycles. The number of benzene rings is 2. The maximum atomic E-state index is 5.48. The van der Waals surface area contributed by atoms with Crippen LogP contribution in [0.3, 0.4) is 0 Å². The summed E-state index contributed by atoms with van der Waals surface area (Å²) in [5.74, 6) is 1.57. The maximum Gasteiger partial charge on any atom is 0.145 e. The highest BCUT2D eigenvalue weighted by Gasteiger charge is 2.10. The molecule has 1 aromatic heterocycles. The Morgan fingerprint density at radius 1 is 0.850 bits per heavy atom. The largest absolute Gasteiger partial charge is 0.497 e. The van der Waals surface area contributed by atoms with Gasteiger partial charge in [0.05, 0.1) is 19.7 Å². The zero-order chi connectivity index (χ0) is 13.9. The Balaban J connectivity index is 2.22. The summed E-state index contributed by atoms with van der Waals surface area (Å²) in [5, 5.41) is 1.00. The van der Waals surface area contributed by atoms with Crippen molar-refractivity contribution in [2.24, 2.45) is 0 Å². The second-order valence-corrected chi connectivity index (χ2v) is 4.46. The summed E-state index contributed by atoms with van der Waals surface area (Å²) in [6.07, 6.45) is 0. The molecule has 3 aromatic rings. The highest BCUT2D eigenvalue weighted by molar-refractivity contribution is 5.86. The highest BCUT2D eigenvalue weighted by Crippen LogP contribution is 2.32. The first-order chi connectivity index (χ1) is 9.81. The minimum absolute atomic E-state index is 0.761. The van der Waals surface area contributed by atoms with E-state index >= 15 is 0 Å². The van der Waals surface area contributed by atoms with Crippen LogP contribution in [0.2, 0.25) is 0 Å². The van der Waals surface area contributed by atoms with E-state index in [1.165, 1.54) is 0 Å². The van der Waals surface area contributed by atoms with Gasteiger partial charge < -0.3 is 9.47 Å². The average molecular weight is 265 g/mol. The number of nitrogens with zero attached hydrogens (tertiary/aromatic N) is 1. The SMILES string of the molecule is COc1ccc2nc(-c3ccccc3)c(OC)cc2c1. The first-order valence-electron chi connectivity index (χ1n) is 6.40. The Bertz CT molecular complexity index is 739. The van der Waals surface area contributed by atoms with Gasteiger partial charge in [0.25, 0.3) is 0 Å². The molecule has 3 nitrogen and oxygen atoms in total. The van der Waals surface area contributed by atoms with E-state index in [9.17, 15) is 0 Å².